The number of carbonyl (C=O) groups excluding carboxylic acids is 5. The summed E-state index contributed by atoms with van der Waals surface area (Å²) in [5.74, 6) is -4.48. The number of alkyl halides is 1. The molecule has 1 rings (SSSR count). The zero-order valence-corrected chi connectivity index (χ0v) is 19.8. The molecule has 0 heterocycles. The number of carbonyl (C=O) groups is 5. The number of anilines is 1. The predicted molar refractivity (Wildman–Crippen MR) is 123 cm³/mol. The number of nitrogens with two attached hydrogens (primary N) is 1. The molecule has 0 spiro atoms. The molecule has 0 aromatic heterocycles. The molecule has 0 aliphatic heterocycles. The van der Waals surface area contributed by atoms with Gasteiger partial charge in [0.1, 0.15) is 11.9 Å². The van der Waals surface area contributed by atoms with E-state index < -0.39 is 47.5 Å². The number of nitrogens with one attached hydrogen (secondary N) is 3. The number of amides is 4. The number of halogens is 2. The van der Waals surface area contributed by atoms with Gasteiger partial charge in [0.2, 0.25) is 5.91 Å². The van der Waals surface area contributed by atoms with Crippen molar-refractivity contribution < 1.29 is 33.1 Å². The Hall–Kier alpha value is -3.21. The van der Waals surface area contributed by atoms with Crippen LogP contribution in [0.1, 0.15) is 39.5 Å². The van der Waals surface area contributed by atoms with Crippen molar-refractivity contribution in [2.45, 2.75) is 51.6 Å². The first-order chi connectivity index (χ1) is 16.0. The fourth-order valence-electron chi connectivity index (χ4n) is 2.97. The van der Waals surface area contributed by atoms with Crippen LogP contribution in [0, 0.1) is 11.7 Å². The molecule has 5 N–H and O–H groups in total. The third-order valence-electron chi connectivity index (χ3n) is 4.63. The van der Waals surface area contributed by atoms with Crippen LogP contribution >= 0.6 is 11.6 Å². The number of unbranched alkanes of at least 4 members (excludes halogenated alkanes) is 1. The highest BCUT2D eigenvalue weighted by molar-refractivity contribution is 6.40. The molecule has 0 unspecified atom stereocenters. The third-order valence-corrected chi connectivity index (χ3v) is 4.89. The van der Waals surface area contributed by atoms with E-state index in [1.54, 1.807) is 0 Å². The van der Waals surface area contributed by atoms with E-state index in [0.29, 0.717) is 12.8 Å². The first-order valence-electron chi connectivity index (χ1n) is 10.7. The molecule has 0 fully saturated rings. The summed E-state index contributed by atoms with van der Waals surface area (Å²) in [4.78, 5) is 60.2. The van der Waals surface area contributed by atoms with Crippen molar-refractivity contribution in [2.24, 2.45) is 11.7 Å². The number of hydrogen-bond donors (Lipinski definition) is 4. The number of para-hydroxylation sites is 1. The second-order valence-corrected chi connectivity index (χ2v) is 8.18. The zero-order chi connectivity index (χ0) is 25.7. The average Bonchev–Trinajstić information content (AvgIpc) is 2.77. The quantitative estimate of drug-likeness (QED) is 0.184. The van der Waals surface area contributed by atoms with Crippen LogP contribution in [-0.2, 0) is 23.9 Å². The van der Waals surface area contributed by atoms with Crippen LogP contribution in [0.25, 0.3) is 0 Å². The molecule has 12 heteroatoms. The lowest BCUT2D eigenvalue weighted by Gasteiger charge is -2.23. The van der Waals surface area contributed by atoms with Crippen LogP contribution in [0.4, 0.5) is 14.9 Å². The molecule has 0 aliphatic carbocycles. The number of ketones is 1. The maximum absolute atomic E-state index is 13.7. The van der Waals surface area contributed by atoms with Crippen LogP contribution in [-0.4, -0.2) is 54.2 Å². The number of hydrogen-bond acceptors (Lipinski definition) is 6. The largest absolute Gasteiger partial charge is 0.450 e. The lowest BCUT2D eigenvalue weighted by molar-refractivity contribution is -0.138. The van der Waals surface area contributed by atoms with Gasteiger partial charge in [0.15, 0.2) is 5.78 Å². The smallest absolute Gasteiger partial charge is 0.404 e. The maximum atomic E-state index is 13.7. The van der Waals surface area contributed by atoms with Crippen LogP contribution in [0.3, 0.4) is 0 Å². The van der Waals surface area contributed by atoms with Crippen LogP contribution in [0.2, 0.25) is 0 Å². The first kappa shape index (κ1) is 28.8. The van der Waals surface area contributed by atoms with E-state index in [9.17, 15) is 28.4 Å². The molecule has 1 aromatic carbocycles. The van der Waals surface area contributed by atoms with Crippen molar-refractivity contribution in [3.8, 4) is 0 Å². The number of ether oxygens (including phenoxy) is 1. The van der Waals surface area contributed by atoms with Crippen molar-refractivity contribution in [1.29, 1.82) is 0 Å². The highest BCUT2D eigenvalue weighted by Crippen LogP contribution is 2.13. The summed E-state index contributed by atoms with van der Waals surface area (Å²) in [5, 5.41) is 7.05. The van der Waals surface area contributed by atoms with Crippen molar-refractivity contribution in [1.82, 2.24) is 10.6 Å². The molecule has 0 saturated carbocycles. The van der Waals surface area contributed by atoms with Crippen molar-refractivity contribution >= 4 is 46.9 Å². The van der Waals surface area contributed by atoms with Crippen molar-refractivity contribution in [3.63, 3.8) is 0 Å². The van der Waals surface area contributed by atoms with E-state index in [4.69, 9.17) is 17.3 Å². The molecule has 188 valence electrons. The van der Waals surface area contributed by atoms with Gasteiger partial charge < -0.3 is 26.4 Å². The van der Waals surface area contributed by atoms with Gasteiger partial charge in [-0.15, -0.1) is 11.6 Å². The Labute approximate surface area is 202 Å². The van der Waals surface area contributed by atoms with Crippen molar-refractivity contribution in [2.75, 3.05) is 17.8 Å². The molecule has 10 nitrogen and oxygen atoms in total. The topological polar surface area (TPSA) is 157 Å². The Balaban J connectivity index is 2.79. The molecule has 0 radical (unpaired) electrons. The van der Waals surface area contributed by atoms with Crippen molar-refractivity contribution in [3.05, 3.63) is 30.1 Å². The lowest BCUT2D eigenvalue weighted by atomic mass is 10.0. The molecule has 4 amide bonds. The van der Waals surface area contributed by atoms with Gasteiger partial charge >= 0.3 is 17.9 Å². The normalized spacial score (nSPS) is 12.4. The predicted octanol–water partition coefficient (Wildman–Crippen LogP) is 1.85. The lowest BCUT2D eigenvalue weighted by Crippen LogP contribution is -2.54. The monoisotopic (exact) mass is 500 g/mol. The van der Waals surface area contributed by atoms with E-state index in [1.165, 1.54) is 18.2 Å². The van der Waals surface area contributed by atoms with E-state index >= 15 is 0 Å². The highest BCUT2D eigenvalue weighted by Gasteiger charge is 2.28. The molecule has 0 saturated heterocycles. The van der Waals surface area contributed by atoms with Gasteiger partial charge in [0.25, 0.3) is 0 Å². The molecule has 1 aromatic rings. The number of Topliss-reactive ketones (excluding diaryl/α,β-unsaturated/α-hetero) is 1. The van der Waals surface area contributed by atoms with Gasteiger partial charge in [-0.25, -0.2) is 9.18 Å². The Morgan fingerprint density at radius 1 is 1.03 bits per heavy atom. The molecule has 34 heavy (non-hydrogen) atoms. The van der Waals surface area contributed by atoms with Crippen LogP contribution < -0.4 is 21.7 Å². The van der Waals surface area contributed by atoms with Crippen LogP contribution in [0.5, 0.6) is 0 Å². The first-order valence-corrected chi connectivity index (χ1v) is 11.3. The minimum absolute atomic E-state index is 0.0428. The summed E-state index contributed by atoms with van der Waals surface area (Å²) >= 11 is 5.65. The molecular weight excluding hydrogens is 471 g/mol. The highest BCUT2D eigenvalue weighted by atomic mass is 35.5. The van der Waals surface area contributed by atoms with Gasteiger partial charge in [-0.2, -0.15) is 0 Å². The third kappa shape index (κ3) is 10.6. The summed E-state index contributed by atoms with van der Waals surface area (Å²) in [6.45, 7) is 3.69. The van der Waals surface area contributed by atoms with E-state index in [-0.39, 0.29) is 36.9 Å². The van der Waals surface area contributed by atoms with Gasteiger partial charge in [-0.05, 0) is 43.7 Å². The summed E-state index contributed by atoms with van der Waals surface area (Å²) in [6, 6.07) is 3.27. The number of rotatable bonds is 13. The Kier molecular flexibility index (Phi) is 12.6. The minimum Gasteiger partial charge on any atom is -0.450 e. The average molecular weight is 501 g/mol. The molecular formula is C22H30ClFN4O6. The van der Waals surface area contributed by atoms with E-state index in [0.717, 1.165) is 6.07 Å². The van der Waals surface area contributed by atoms with Gasteiger partial charge in [0.05, 0.1) is 24.2 Å². The summed E-state index contributed by atoms with van der Waals surface area (Å²) in [7, 11) is 0. The minimum atomic E-state index is -1.14. The number of benzene rings is 1. The fourth-order valence-corrected chi connectivity index (χ4v) is 3.16. The Morgan fingerprint density at radius 3 is 2.29 bits per heavy atom. The van der Waals surface area contributed by atoms with Gasteiger partial charge in [-0.3, -0.25) is 19.2 Å². The Bertz CT molecular complexity index is 883. The molecule has 0 bridgehead atoms. The van der Waals surface area contributed by atoms with Gasteiger partial charge in [-0.1, -0.05) is 26.0 Å². The number of primary amides is 1. The standard InChI is InChI=1S/C22H30ClFN4O6/c1-13(2)11-17(28-21(32)20(31)26-15-8-4-3-7-14(15)24)19(30)27-16(18(29)12-23)9-5-6-10-34-22(25)33/h3-4,7-8,13,16-17H,5-6,9-12H2,1-2H3,(H2,25,33)(H,26,31)(H,27,30)(H,28,32)/t16-,17-/m0/s1. The molecule has 0 aliphatic rings. The Morgan fingerprint density at radius 2 is 1.71 bits per heavy atom. The van der Waals surface area contributed by atoms with E-state index in [1.807, 2.05) is 13.8 Å². The fraction of sp³-hybridized carbons (Fsp3) is 0.500. The summed E-state index contributed by atoms with van der Waals surface area (Å²) in [6.07, 6.45) is 0.322. The van der Waals surface area contributed by atoms with E-state index in [2.05, 4.69) is 20.7 Å². The summed E-state index contributed by atoms with van der Waals surface area (Å²) < 4.78 is 18.4. The maximum Gasteiger partial charge on any atom is 0.404 e. The van der Waals surface area contributed by atoms with Gasteiger partial charge in [0, 0.05) is 0 Å². The second kappa shape index (κ2) is 14.8. The zero-order valence-electron chi connectivity index (χ0n) is 19.1. The van der Waals surface area contributed by atoms with Crippen LogP contribution in [0.15, 0.2) is 24.3 Å². The molecule has 2 atom stereocenters. The SMILES string of the molecule is CC(C)C[C@H](NC(=O)C(=O)Nc1ccccc1F)C(=O)N[C@@H](CCCCOC(N)=O)C(=O)CCl. The second-order valence-electron chi connectivity index (χ2n) is 7.91. The summed E-state index contributed by atoms with van der Waals surface area (Å²) in [5.41, 5.74) is 4.70.